The second kappa shape index (κ2) is 12.7. The molecule has 2 N–H and O–H groups in total. The molecule has 1 aromatic rings. The van der Waals surface area contributed by atoms with E-state index in [0.717, 1.165) is 0 Å². The molecule has 0 aromatic heterocycles. The van der Waals surface area contributed by atoms with E-state index in [0.29, 0.717) is 23.7 Å². The van der Waals surface area contributed by atoms with Gasteiger partial charge in [-0.1, -0.05) is 27.7 Å². The van der Waals surface area contributed by atoms with Gasteiger partial charge in [-0.25, -0.2) is 5.48 Å². The van der Waals surface area contributed by atoms with E-state index < -0.39 is 5.91 Å². The summed E-state index contributed by atoms with van der Waals surface area (Å²) in [7, 11) is 1.48. The van der Waals surface area contributed by atoms with Gasteiger partial charge in [0.1, 0.15) is 0 Å². The molecule has 0 unspecified atom stereocenters. The standard InChI is InChI=1S/C10H13NO4.2C2H6/c1-3-15-8-5-4-7(10(12)11-13)6-9(8)14-2;2*1-2/h4-6,13H,3H2,1-2H3,(H,11,12);2*1-2H3. The number of amides is 1. The van der Waals surface area contributed by atoms with Crippen molar-refractivity contribution in [2.24, 2.45) is 0 Å². The second-order valence-corrected chi connectivity index (χ2v) is 2.74. The average Bonchev–Trinajstić information content (AvgIpc) is 2.51. The zero-order valence-corrected chi connectivity index (χ0v) is 12.6. The minimum Gasteiger partial charge on any atom is -0.493 e. The third-order valence-electron chi connectivity index (χ3n) is 1.83. The molecule has 1 amide bonds. The molecule has 5 heteroatoms. The van der Waals surface area contributed by atoms with Gasteiger partial charge in [-0.15, -0.1) is 0 Å². The van der Waals surface area contributed by atoms with Gasteiger partial charge in [-0.3, -0.25) is 10.0 Å². The van der Waals surface area contributed by atoms with E-state index in [-0.39, 0.29) is 0 Å². The molecule has 0 aliphatic carbocycles. The molecule has 0 heterocycles. The van der Waals surface area contributed by atoms with Crippen LogP contribution >= 0.6 is 0 Å². The van der Waals surface area contributed by atoms with Crippen molar-refractivity contribution >= 4 is 5.91 Å². The summed E-state index contributed by atoms with van der Waals surface area (Å²) in [6.07, 6.45) is 0. The summed E-state index contributed by atoms with van der Waals surface area (Å²) in [6, 6.07) is 4.66. The number of methoxy groups -OCH3 is 1. The molecule has 0 saturated carbocycles. The van der Waals surface area contributed by atoms with Crippen LogP contribution in [0.1, 0.15) is 45.0 Å². The molecule has 0 radical (unpaired) electrons. The molecule has 0 aliphatic rings. The average molecular weight is 271 g/mol. The molecule has 19 heavy (non-hydrogen) atoms. The molecule has 0 fully saturated rings. The first-order valence-corrected chi connectivity index (χ1v) is 6.48. The monoisotopic (exact) mass is 271 g/mol. The normalized spacial score (nSPS) is 8.16. The summed E-state index contributed by atoms with van der Waals surface area (Å²) >= 11 is 0. The number of hydroxylamine groups is 1. The van der Waals surface area contributed by atoms with E-state index in [4.69, 9.17) is 14.7 Å². The number of rotatable bonds is 4. The van der Waals surface area contributed by atoms with Gasteiger partial charge in [0.15, 0.2) is 11.5 Å². The highest BCUT2D eigenvalue weighted by molar-refractivity contribution is 5.94. The van der Waals surface area contributed by atoms with Crippen LogP contribution in [0.5, 0.6) is 11.5 Å². The fraction of sp³-hybridized carbons (Fsp3) is 0.500. The predicted octanol–water partition coefficient (Wildman–Crippen LogP) is 3.27. The topological polar surface area (TPSA) is 67.8 Å². The van der Waals surface area contributed by atoms with Gasteiger partial charge in [0, 0.05) is 5.56 Å². The molecule has 1 rings (SSSR count). The van der Waals surface area contributed by atoms with Crippen molar-refractivity contribution in [3.8, 4) is 11.5 Å². The summed E-state index contributed by atoms with van der Waals surface area (Å²) in [4.78, 5) is 11.1. The first-order valence-electron chi connectivity index (χ1n) is 6.48. The van der Waals surface area contributed by atoms with Crippen LogP contribution in [0.2, 0.25) is 0 Å². The molecule has 5 nitrogen and oxygen atoms in total. The molecule has 1 aromatic carbocycles. The fourth-order valence-electron chi connectivity index (χ4n) is 1.15. The molecule has 0 bridgehead atoms. The molecule has 0 spiro atoms. The molecule has 0 atom stereocenters. The zero-order chi connectivity index (χ0) is 15.3. The van der Waals surface area contributed by atoms with Crippen molar-refractivity contribution in [1.29, 1.82) is 0 Å². The minimum absolute atomic E-state index is 0.304. The Hall–Kier alpha value is -1.75. The Labute approximate surface area is 115 Å². The molecule has 0 saturated heterocycles. The maximum absolute atomic E-state index is 11.1. The SMILES string of the molecule is CC.CC.CCOc1ccc(C(=O)NO)cc1OC. The van der Waals surface area contributed by atoms with Crippen molar-refractivity contribution in [2.45, 2.75) is 34.6 Å². The van der Waals surface area contributed by atoms with E-state index in [2.05, 4.69) is 0 Å². The Morgan fingerprint density at radius 3 is 2.21 bits per heavy atom. The van der Waals surface area contributed by atoms with Crippen LogP contribution in [0.15, 0.2) is 18.2 Å². The Morgan fingerprint density at radius 1 is 1.21 bits per heavy atom. The van der Waals surface area contributed by atoms with Gasteiger partial charge in [-0.2, -0.15) is 0 Å². The van der Waals surface area contributed by atoms with Crippen molar-refractivity contribution < 1.29 is 19.5 Å². The third kappa shape index (κ3) is 6.67. The lowest BCUT2D eigenvalue weighted by Crippen LogP contribution is -2.18. The van der Waals surface area contributed by atoms with Crippen LogP contribution in [0, 0.1) is 0 Å². The van der Waals surface area contributed by atoms with Crippen molar-refractivity contribution in [3.63, 3.8) is 0 Å². The van der Waals surface area contributed by atoms with Gasteiger partial charge in [-0.05, 0) is 25.1 Å². The first-order chi connectivity index (χ1) is 9.22. The lowest BCUT2D eigenvalue weighted by molar-refractivity contribution is 0.0706. The summed E-state index contributed by atoms with van der Waals surface area (Å²) < 4.78 is 10.3. The second-order valence-electron chi connectivity index (χ2n) is 2.74. The lowest BCUT2D eigenvalue weighted by atomic mass is 10.2. The van der Waals surface area contributed by atoms with Gasteiger partial charge < -0.3 is 9.47 Å². The Morgan fingerprint density at radius 2 is 1.79 bits per heavy atom. The highest BCUT2D eigenvalue weighted by Gasteiger charge is 2.09. The van der Waals surface area contributed by atoms with E-state index in [1.165, 1.54) is 13.2 Å². The predicted molar refractivity (Wildman–Crippen MR) is 76.1 cm³/mol. The Balaban J connectivity index is 0. The lowest BCUT2D eigenvalue weighted by Gasteiger charge is -2.09. The molecular weight excluding hydrogens is 246 g/mol. The van der Waals surface area contributed by atoms with Gasteiger partial charge in [0.05, 0.1) is 13.7 Å². The molecule has 110 valence electrons. The van der Waals surface area contributed by atoms with Crippen molar-refractivity contribution in [2.75, 3.05) is 13.7 Å². The van der Waals surface area contributed by atoms with Gasteiger partial charge in [0.2, 0.25) is 0 Å². The van der Waals surface area contributed by atoms with Crippen LogP contribution < -0.4 is 15.0 Å². The Kier molecular flexibility index (Phi) is 13.1. The number of hydrogen-bond acceptors (Lipinski definition) is 4. The van der Waals surface area contributed by atoms with Crippen LogP contribution in [0.4, 0.5) is 0 Å². The fourth-order valence-corrected chi connectivity index (χ4v) is 1.15. The van der Waals surface area contributed by atoms with Crippen molar-refractivity contribution in [1.82, 2.24) is 5.48 Å². The maximum atomic E-state index is 11.1. The summed E-state index contributed by atoms with van der Waals surface area (Å²) in [6.45, 7) is 10.4. The number of nitrogens with one attached hydrogen (secondary N) is 1. The van der Waals surface area contributed by atoms with Crippen LogP contribution in [0.3, 0.4) is 0 Å². The van der Waals surface area contributed by atoms with Gasteiger partial charge >= 0.3 is 0 Å². The minimum atomic E-state index is -0.587. The van der Waals surface area contributed by atoms with E-state index in [1.807, 2.05) is 34.6 Å². The number of carbonyl (C=O) groups excluding carboxylic acids is 1. The van der Waals surface area contributed by atoms with Crippen LogP contribution in [-0.2, 0) is 0 Å². The highest BCUT2D eigenvalue weighted by atomic mass is 16.5. The quantitative estimate of drug-likeness (QED) is 0.651. The summed E-state index contributed by atoms with van der Waals surface area (Å²) in [5, 5.41) is 8.45. The first kappa shape index (κ1) is 19.6. The summed E-state index contributed by atoms with van der Waals surface area (Å²) in [5.41, 5.74) is 1.85. The molecule has 0 aliphatic heterocycles. The van der Waals surface area contributed by atoms with E-state index in [1.54, 1.807) is 17.6 Å². The number of hydrogen-bond donors (Lipinski definition) is 2. The zero-order valence-electron chi connectivity index (χ0n) is 12.6. The molecular formula is C14H25NO4. The highest BCUT2D eigenvalue weighted by Crippen LogP contribution is 2.27. The van der Waals surface area contributed by atoms with Gasteiger partial charge in [0.25, 0.3) is 5.91 Å². The smallest absolute Gasteiger partial charge is 0.274 e. The largest absolute Gasteiger partial charge is 0.493 e. The van der Waals surface area contributed by atoms with E-state index >= 15 is 0 Å². The summed E-state index contributed by atoms with van der Waals surface area (Å²) in [5.74, 6) is 0.434. The Bertz CT molecular complexity index is 353. The van der Waals surface area contributed by atoms with Crippen molar-refractivity contribution in [3.05, 3.63) is 23.8 Å². The van der Waals surface area contributed by atoms with Crippen LogP contribution in [-0.4, -0.2) is 24.8 Å². The number of benzene rings is 1. The van der Waals surface area contributed by atoms with E-state index in [9.17, 15) is 4.79 Å². The third-order valence-corrected chi connectivity index (χ3v) is 1.83. The van der Waals surface area contributed by atoms with Crippen LogP contribution in [0.25, 0.3) is 0 Å². The number of carbonyl (C=O) groups is 1. The maximum Gasteiger partial charge on any atom is 0.274 e. The number of ether oxygens (including phenoxy) is 2.